The lowest BCUT2D eigenvalue weighted by molar-refractivity contribution is 0.684. The van der Waals surface area contributed by atoms with Gasteiger partial charge in [-0.3, -0.25) is 0 Å². The highest BCUT2D eigenvalue weighted by molar-refractivity contribution is 5.50. The van der Waals surface area contributed by atoms with E-state index < -0.39 is 0 Å². The zero-order valence-electron chi connectivity index (χ0n) is 11.4. The van der Waals surface area contributed by atoms with Crippen LogP contribution in [0, 0.1) is 0 Å². The number of likely N-dealkylation sites (N-methyl/N-ethyl adjacent to an activating group) is 1. The number of aromatic nitrogens is 2. The fourth-order valence-corrected chi connectivity index (χ4v) is 1.37. The van der Waals surface area contributed by atoms with E-state index in [4.69, 9.17) is 5.73 Å². The maximum absolute atomic E-state index is 5.66. The van der Waals surface area contributed by atoms with E-state index in [1.54, 1.807) is 6.33 Å². The van der Waals surface area contributed by atoms with E-state index >= 15 is 0 Å². The summed E-state index contributed by atoms with van der Waals surface area (Å²) in [5.41, 5.74) is 5.66. The van der Waals surface area contributed by atoms with Crippen molar-refractivity contribution in [1.29, 1.82) is 0 Å². The smallest absolute Gasteiger partial charge is 0.134 e. The molecule has 0 amide bonds. The van der Waals surface area contributed by atoms with Crippen LogP contribution in [0.5, 0.6) is 0 Å². The van der Waals surface area contributed by atoms with Crippen LogP contribution in [-0.2, 0) is 0 Å². The zero-order chi connectivity index (χ0) is 13.0. The van der Waals surface area contributed by atoms with Crippen LogP contribution in [0.3, 0.4) is 0 Å². The Morgan fingerprint density at radius 3 is 2.12 bits per heavy atom. The average molecular weight is 237 g/mol. The predicted molar refractivity (Wildman–Crippen MR) is 72.5 cm³/mol. The monoisotopic (exact) mass is 237 g/mol. The van der Waals surface area contributed by atoms with Gasteiger partial charge in [0.15, 0.2) is 0 Å². The molecule has 2 N–H and O–H groups in total. The van der Waals surface area contributed by atoms with Gasteiger partial charge in [0.25, 0.3) is 0 Å². The van der Waals surface area contributed by atoms with Crippen molar-refractivity contribution in [1.82, 2.24) is 9.97 Å². The molecule has 0 spiro atoms. The Morgan fingerprint density at radius 2 is 1.65 bits per heavy atom. The molecule has 0 bridgehead atoms. The van der Waals surface area contributed by atoms with E-state index in [-0.39, 0.29) is 6.04 Å². The van der Waals surface area contributed by atoms with Crippen molar-refractivity contribution in [2.45, 2.75) is 32.9 Å². The number of hydrogen-bond acceptors (Lipinski definition) is 5. The van der Waals surface area contributed by atoms with Gasteiger partial charge in [-0.2, -0.15) is 0 Å². The lowest BCUT2D eigenvalue weighted by Gasteiger charge is -2.27. The van der Waals surface area contributed by atoms with Crippen LogP contribution in [0.15, 0.2) is 12.4 Å². The number of nitrogens with zero attached hydrogens (tertiary/aromatic N) is 4. The first-order valence-electron chi connectivity index (χ1n) is 5.95. The normalized spacial score (nSPS) is 12.6. The summed E-state index contributed by atoms with van der Waals surface area (Å²) in [5.74, 6) is 1.83. The highest BCUT2D eigenvalue weighted by Crippen LogP contribution is 2.18. The van der Waals surface area contributed by atoms with E-state index in [1.807, 2.05) is 20.2 Å². The van der Waals surface area contributed by atoms with Crippen LogP contribution < -0.4 is 15.5 Å². The minimum atomic E-state index is 0.266. The van der Waals surface area contributed by atoms with E-state index in [0.29, 0.717) is 12.6 Å². The van der Waals surface area contributed by atoms with E-state index in [9.17, 15) is 0 Å². The molecule has 0 aromatic carbocycles. The van der Waals surface area contributed by atoms with E-state index in [1.165, 1.54) is 0 Å². The summed E-state index contributed by atoms with van der Waals surface area (Å²) in [5, 5.41) is 0. The molecule has 1 rings (SSSR count). The van der Waals surface area contributed by atoms with E-state index in [0.717, 1.165) is 11.6 Å². The number of anilines is 2. The van der Waals surface area contributed by atoms with E-state index in [2.05, 4.69) is 40.5 Å². The molecule has 5 heteroatoms. The largest absolute Gasteiger partial charge is 0.357 e. The Hall–Kier alpha value is -1.36. The second-order valence-electron chi connectivity index (χ2n) is 4.63. The molecular formula is C12H23N5. The van der Waals surface area contributed by atoms with Gasteiger partial charge in [0.05, 0.1) is 0 Å². The molecule has 0 aliphatic rings. The summed E-state index contributed by atoms with van der Waals surface area (Å²) in [7, 11) is 4.03. The average Bonchev–Trinajstić information content (AvgIpc) is 2.35. The maximum atomic E-state index is 5.66. The van der Waals surface area contributed by atoms with Gasteiger partial charge in [-0.05, 0) is 20.8 Å². The SMILES string of the molecule is CC(C)N(C)c1cc(N(C)C(C)CN)ncn1. The Kier molecular flexibility index (Phi) is 4.69. The molecule has 1 aromatic heterocycles. The van der Waals surface area contributed by atoms with Crippen LogP contribution in [0.25, 0.3) is 0 Å². The molecule has 0 radical (unpaired) electrons. The van der Waals surface area contributed by atoms with Gasteiger partial charge in [0.1, 0.15) is 18.0 Å². The molecule has 0 aliphatic heterocycles. The standard InChI is InChI=1S/C12H23N5/c1-9(2)16(4)11-6-12(15-8-14-11)17(5)10(3)7-13/h6,8-10H,7,13H2,1-5H3. The molecule has 96 valence electrons. The number of rotatable bonds is 5. The third-order valence-electron chi connectivity index (χ3n) is 3.14. The van der Waals surface area contributed by atoms with Crippen LogP contribution >= 0.6 is 0 Å². The quantitative estimate of drug-likeness (QED) is 0.831. The second-order valence-corrected chi connectivity index (χ2v) is 4.63. The Morgan fingerprint density at radius 1 is 1.12 bits per heavy atom. The molecule has 5 nitrogen and oxygen atoms in total. The Balaban J connectivity index is 2.93. The summed E-state index contributed by atoms with van der Waals surface area (Å²) >= 11 is 0. The van der Waals surface area contributed by atoms with Crippen molar-refractivity contribution in [3.8, 4) is 0 Å². The third-order valence-corrected chi connectivity index (χ3v) is 3.14. The van der Waals surface area contributed by atoms with Crippen molar-refractivity contribution in [3.63, 3.8) is 0 Å². The number of hydrogen-bond donors (Lipinski definition) is 1. The topological polar surface area (TPSA) is 58.3 Å². The fraction of sp³-hybridized carbons (Fsp3) is 0.667. The number of nitrogens with two attached hydrogens (primary N) is 1. The van der Waals surface area contributed by atoms with Crippen LogP contribution in [0.4, 0.5) is 11.6 Å². The van der Waals surface area contributed by atoms with Gasteiger partial charge in [-0.1, -0.05) is 0 Å². The lowest BCUT2D eigenvalue weighted by Crippen LogP contribution is -2.36. The van der Waals surface area contributed by atoms with Crippen LogP contribution in [-0.4, -0.2) is 42.7 Å². The summed E-state index contributed by atoms with van der Waals surface area (Å²) in [6.45, 7) is 6.95. The molecule has 1 heterocycles. The molecule has 0 saturated carbocycles. The van der Waals surface area contributed by atoms with Gasteiger partial charge in [-0.25, -0.2) is 9.97 Å². The van der Waals surface area contributed by atoms with Crippen LogP contribution in [0.1, 0.15) is 20.8 Å². The minimum Gasteiger partial charge on any atom is -0.357 e. The van der Waals surface area contributed by atoms with Gasteiger partial charge in [-0.15, -0.1) is 0 Å². The molecule has 1 unspecified atom stereocenters. The molecule has 0 fully saturated rings. The molecule has 0 aliphatic carbocycles. The summed E-state index contributed by atoms with van der Waals surface area (Å²) < 4.78 is 0. The van der Waals surface area contributed by atoms with Crippen molar-refractivity contribution in [3.05, 3.63) is 12.4 Å². The Bertz CT molecular complexity index is 353. The summed E-state index contributed by atoms with van der Waals surface area (Å²) in [4.78, 5) is 12.8. The minimum absolute atomic E-state index is 0.266. The van der Waals surface area contributed by atoms with Crippen molar-refractivity contribution in [2.24, 2.45) is 5.73 Å². The second kappa shape index (κ2) is 5.82. The Labute approximate surface area is 104 Å². The highest BCUT2D eigenvalue weighted by atomic mass is 15.2. The molecule has 1 atom stereocenters. The van der Waals surface area contributed by atoms with Gasteiger partial charge in [0, 0.05) is 38.8 Å². The zero-order valence-corrected chi connectivity index (χ0v) is 11.4. The summed E-state index contributed by atoms with van der Waals surface area (Å²) in [6.07, 6.45) is 1.60. The van der Waals surface area contributed by atoms with Crippen molar-refractivity contribution in [2.75, 3.05) is 30.4 Å². The van der Waals surface area contributed by atoms with Crippen molar-refractivity contribution >= 4 is 11.6 Å². The third kappa shape index (κ3) is 3.30. The molecule has 17 heavy (non-hydrogen) atoms. The fourth-order valence-electron chi connectivity index (χ4n) is 1.37. The predicted octanol–water partition coefficient (Wildman–Crippen LogP) is 1.10. The summed E-state index contributed by atoms with van der Waals surface area (Å²) in [6, 6.07) is 2.67. The lowest BCUT2D eigenvalue weighted by atomic mass is 10.3. The molecular weight excluding hydrogens is 214 g/mol. The van der Waals surface area contributed by atoms with Crippen molar-refractivity contribution < 1.29 is 0 Å². The van der Waals surface area contributed by atoms with Gasteiger partial charge >= 0.3 is 0 Å². The first-order chi connectivity index (χ1) is 7.97. The molecule has 0 saturated heterocycles. The maximum Gasteiger partial charge on any atom is 0.134 e. The first-order valence-corrected chi connectivity index (χ1v) is 5.95. The van der Waals surface area contributed by atoms with Gasteiger partial charge in [0.2, 0.25) is 0 Å². The van der Waals surface area contributed by atoms with Crippen LogP contribution in [0.2, 0.25) is 0 Å². The first kappa shape index (κ1) is 13.7. The molecule has 1 aromatic rings. The highest BCUT2D eigenvalue weighted by Gasteiger charge is 2.12. The van der Waals surface area contributed by atoms with Gasteiger partial charge < -0.3 is 15.5 Å².